The largest absolute Gasteiger partial charge is 0.477 e. The van der Waals surface area contributed by atoms with Gasteiger partial charge in [-0.05, 0) is 231 Å². The molecule has 2 N–H and O–H groups in total. The number of thiophene rings is 4. The number of hydrogen-bond acceptors (Lipinski definition) is 8. The Kier molecular flexibility index (Phi) is 15.3. The van der Waals surface area contributed by atoms with E-state index in [0.29, 0.717) is 0 Å². The number of hydrogen-bond donors (Lipinski definition) is 2. The van der Waals surface area contributed by atoms with Gasteiger partial charge in [0.25, 0.3) is 0 Å². The van der Waals surface area contributed by atoms with Crippen molar-refractivity contribution in [1.29, 1.82) is 10.5 Å². The van der Waals surface area contributed by atoms with Crippen LogP contribution in [0.2, 0.25) is 0 Å². The lowest BCUT2D eigenvalue weighted by molar-refractivity contribution is -0.133. The number of benzene rings is 8. The molecule has 4 aliphatic rings. The second kappa shape index (κ2) is 24.5. The fraction of sp³-hybridized carbons (Fsp3) is 0.136. The van der Waals surface area contributed by atoms with Crippen LogP contribution in [0.3, 0.4) is 0 Å². The second-order valence-electron chi connectivity index (χ2n) is 27.3. The van der Waals surface area contributed by atoms with E-state index in [4.69, 9.17) is 0 Å². The average molecular weight is 1370 g/mol. The highest BCUT2D eigenvalue weighted by atomic mass is 32.1. The highest BCUT2D eigenvalue weighted by molar-refractivity contribution is 7.24. The van der Waals surface area contributed by atoms with Crippen LogP contribution in [0.25, 0.3) is 130 Å². The van der Waals surface area contributed by atoms with Gasteiger partial charge in [0.05, 0.1) is 22.4 Å². The molecule has 0 saturated carbocycles. The topological polar surface area (TPSA) is 132 Å². The Morgan fingerprint density at radius 2 is 0.830 bits per heavy atom. The lowest BCUT2D eigenvalue weighted by Gasteiger charge is -2.22. The third-order valence-corrected chi connectivity index (χ3v) is 25.6. The zero-order chi connectivity index (χ0) is 68.3. The molecule has 0 atom stereocenters. The number of fused-ring (bicyclic) bond motifs is 6. The van der Waals surface area contributed by atoms with Crippen LogP contribution in [0.15, 0.2) is 230 Å². The van der Waals surface area contributed by atoms with Gasteiger partial charge in [-0.25, -0.2) is 9.59 Å². The minimum Gasteiger partial charge on any atom is -0.477 e. The van der Waals surface area contributed by atoms with E-state index in [2.05, 4.69) is 231 Å². The summed E-state index contributed by atoms with van der Waals surface area (Å²) in [5.41, 5.74) is 28.2. The van der Waals surface area contributed by atoms with E-state index in [-0.39, 0.29) is 22.0 Å². The smallest absolute Gasteiger partial charge is 0.346 e. The number of carboxylic acids is 2. The van der Waals surface area contributed by atoms with E-state index in [1.165, 1.54) is 178 Å². The predicted molar refractivity (Wildman–Crippen MR) is 412 cm³/mol. The fourth-order valence-corrected chi connectivity index (χ4v) is 20.4. The molecule has 12 heteroatoms. The first-order valence-electron chi connectivity index (χ1n) is 33.8. The molecule has 8 nitrogen and oxygen atoms in total. The van der Waals surface area contributed by atoms with Gasteiger partial charge >= 0.3 is 11.9 Å². The number of nitriles is 2. The first-order chi connectivity index (χ1) is 48.6. The van der Waals surface area contributed by atoms with Crippen molar-refractivity contribution in [3.63, 3.8) is 0 Å². The second-order valence-corrected chi connectivity index (χ2v) is 31.7. The van der Waals surface area contributed by atoms with Gasteiger partial charge in [0.15, 0.2) is 0 Å². The summed E-state index contributed by atoms with van der Waals surface area (Å²) in [5.74, 6) is -2.42. The lowest BCUT2D eigenvalue weighted by atomic mass is 9.82. The third kappa shape index (κ3) is 10.3. The first-order valence-corrected chi connectivity index (χ1v) is 37.0. The van der Waals surface area contributed by atoms with Crippen LogP contribution in [0, 0.1) is 22.7 Å². The summed E-state index contributed by atoms with van der Waals surface area (Å²) in [7, 11) is 0. The van der Waals surface area contributed by atoms with Crippen LogP contribution in [-0.2, 0) is 46.1 Å². The normalized spacial score (nSPS) is 14.4. The van der Waals surface area contributed by atoms with E-state index in [1.54, 1.807) is 34.8 Å². The molecule has 0 amide bonds. The van der Waals surface area contributed by atoms with Crippen molar-refractivity contribution < 1.29 is 19.8 Å². The van der Waals surface area contributed by atoms with Crippen molar-refractivity contribution in [2.75, 3.05) is 0 Å². The Bertz CT molecular complexity index is 5860. The molecule has 8 aromatic carbocycles. The highest BCUT2D eigenvalue weighted by Crippen LogP contribution is 2.54. The summed E-state index contributed by atoms with van der Waals surface area (Å²) >= 11 is 6.51. The molecule has 6 heterocycles. The van der Waals surface area contributed by atoms with E-state index >= 15 is 0 Å². The molecular weight excluding hydrogens is 1310 g/mol. The molecule has 0 radical (unpaired) electrons. The first kappa shape index (κ1) is 62.6. The molecule has 0 saturated heterocycles. The number of carboxylic acid groups (broad SMARTS) is 2. The molecule has 0 spiro atoms. The maximum Gasteiger partial charge on any atom is 0.346 e. The van der Waals surface area contributed by atoms with Crippen LogP contribution in [0.1, 0.15) is 94.8 Å². The van der Waals surface area contributed by atoms with Crippen molar-refractivity contribution in [1.82, 2.24) is 9.13 Å². The molecule has 18 rings (SSSR count). The molecule has 4 aliphatic carbocycles. The number of rotatable bonds is 12. The Labute approximate surface area is 595 Å². The van der Waals surface area contributed by atoms with Crippen LogP contribution in [0.4, 0.5) is 0 Å². The summed E-state index contributed by atoms with van der Waals surface area (Å²) in [6.45, 7) is 9.39. The van der Waals surface area contributed by atoms with Gasteiger partial charge in [-0.15, -0.1) is 45.3 Å². The maximum atomic E-state index is 11.4. The quantitative estimate of drug-likeness (QED) is 0.0925. The van der Waals surface area contributed by atoms with Gasteiger partial charge in [0, 0.05) is 72.0 Å². The van der Waals surface area contributed by atoms with Gasteiger partial charge in [-0.1, -0.05) is 155 Å². The fourth-order valence-electron chi connectivity index (χ4n) is 16.3. The number of aryl methyl sites for hydroxylation is 4. The number of carbonyl (C=O) groups is 2. The van der Waals surface area contributed by atoms with Gasteiger partial charge < -0.3 is 19.3 Å². The van der Waals surface area contributed by atoms with Gasteiger partial charge in [-0.2, -0.15) is 10.5 Å². The molecule has 0 aliphatic heterocycles. The summed E-state index contributed by atoms with van der Waals surface area (Å²) in [5, 5.41) is 39.8. The van der Waals surface area contributed by atoms with Crippen molar-refractivity contribution in [2.24, 2.45) is 0 Å². The summed E-state index contributed by atoms with van der Waals surface area (Å²) in [6, 6.07) is 83.0. The minimum absolute atomic E-state index is 0.0856. The number of aliphatic carboxylic acids is 2. The summed E-state index contributed by atoms with van der Waals surface area (Å²) in [6.07, 6.45) is 9.26. The third-order valence-electron chi connectivity index (χ3n) is 20.8. The Hall–Kier alpha value is -11.0. The molecular formula is C88H64N4O4S4. The molecule has 100 heavy (non-hydrogen) atoms. The number of aromatic nitrogens is 2. The molecule has 6 aromatic heterocycles. The van der Waals surface area contributed by atoms with Gasteiger partial charge in [0.1, 0.15) is 23.3 Å². The molecule has 484 valence electrons. The van der Waals surface area contributed by atoms with E-state index in [9.17, 15) is 30.3 Å². The van der Waals surface area contributed by atoms with Gasteiger partial charge in [0.2, 0.25) is 0 Å². The minimum atomic E-state index is -1.21. The van der Waals surface area contributed by atoms with Crippen molar-refractivity contribution in [2.45, 2.75) is 77.0 Å². The van der Waals surface area contributed by atoms with Crippen LogP contribution in [0.5, 0.6) is 0 Å². The predicted octanol–water partition coefficient (Wildman–Crippen LogP) is 23.1. The zero-order valence-electron chi connectivity index (χ0n) is 55.3. The standard InChI is InChI=1S/2C44H32N2O2S2/c1-44(2)35-14-7-6-12-32(35)33-17-15-30(24-36(33)44)46-37-23-28(21-27-11-8-13-34(41(27)37)42(46)26-9-4-3-5-10-26)38-19-20-40(50-38)39-18-16-31(49-39)22-29(25-45)43(47)48;1-44(2)35-14-7-6-11-30(35)31-17-15-28(24-36(31)44)46-37-19-18-32(33-12-8-13-34(41(33)37)42(46)26-9-4-3-5-10-26)38-21-22-40(50-38)39-20-16-29(49-39)23-27(25-45)43(47)48/h3-7,9-10,12,14-24H,8,11,13H2,1-2H3,(H,47,48);3-7,9-11,14-24H,8,12-13H2,1-2H3,(H,47,48)/b29-22+;27-23+. The zero-order valence-corrected chi connectivity index (χ0v) is 58.6. The summed E-state index contributed by atoms with van der Waals surface area (Å²) in [4.78, 5) is 31.0. The van der Waals surface area contributed by atoms with Crippen LogP contribution >= 0.6 is 45.3 Å². The highest BCUT2D eigenvalue weighted by Gasteiger charge is 2.38. The summed E-state index contributed by atoms with van der Waals surface area (Å²) < 4.78 is 5.05. The average Bonchev–Trinajstić information content (AvgIpc) is 1.55. The van der Waals surface area contributed by atoms with E-state index < -0.39 is 11.9 Å². The Morgan fingerprint density at radius 3 is 1.37 bits per heavy atom. The molecule has 0 fully saturated rings. The Balaban J connectivity index is 0.000000150. The van der Waals surface area contributed by atoms with Gasteiger partial charge in [-0.3, -0.25) is 0 Å². The molecule has 14 aromatic rings. The lowest BCUT2D eigenvalue weighted by Crippen LogP contribution is -2.15. The van der Waals surface area contributed by atoms with Crippen molar-refractivity contribution in [3.05, 3.63) is 284 Å². The molecule has 0 unspecified atom stereocenters. The SMILES string of the molecule is CC1(C)c2ccccc2-c2ccc(-n3c(-c4ccccc4)c4c5c(c(-c6ccc(-c7ccc(/C=C(\C#N)C(=O)O)s7)s6)ccc53)CCC4)cc21.CC1(C)c2ccccc2-c2ccc(-n3c(-c4ccccc4)c4c5c(cc(-c6ccc(-c7ccc(/C=C(\C#N)C(=O)O)s7)s6)cc53)CCC4)cc21. The van der Waals surface area contributed by atoms with Crippen molar-refractivity contribution >= 4 is 91.2 Å². The van der Waals surface area contributed by atoms with E-state index in [0.717, 1.165) is 67.8 Å². The van der Waals surface area contributed by atoms with E-state index in [1.807, 2.05) is 24.3 Å². The van der Waals surface area contributed by atoms with Crippen LogP contribution in [-0.4, -0.2) is 31.3 Å². The monoisotopic (exact) mass is 1370 g/mol. The maximum absolute atomic E-state index is 11.4. The van der Waals surface area contributed by atoms with Crippen LogP contribution < -0.4 is 0 Å². The van der Waals surface area contributed by atoms with Crippen molar-refractivity contribution in [3.8, 4) is 109 Å². The Morgan fingerprint density at radius 1 is 0.400 bits per heavy atom. The number of nitrogens with zero attached hydrogens (tertiary/aromatic N) is 4. The molecule has 0 bridgehead atoms.